The number of nitrogens with zero attached hydrogens (tertiary/aromatic N) is 1. The van der Waals surface area contributed by atoms with E-state index in [0.29, 0.717) is 23.7 Å². The predicted molar refractivity (Wildman–Crippen MR) is 60.7 cm³/mol. The minimum atomic E-state index is -0.726. The van der Waals surface area contributed by atoms with Crippen molar-refractivity contribution in [2.45, 2.75) is 6.92 Å². The van der Waals surface area contributed by atoms with Crippen LogP contribution in [0.2, 0.25) is 0 Å². The van der Waals surface area contributed by atoms with Crippen LogP contribution in [0.25, 0.3) is 0 Å². The fourth-order valence-corrected chi connectivity index (χ4v) is 1.63. The zero-order chi connectivity index (χ0) is 10.4. The molecule has 0 bridgehead atoms. The molecule has 1 atom stereocenters. The van der Waals surface area contributed by atoms with Gasteiger partial charge in [0.1, 0.15) is 0 Å². The molecule has 1 aromatic rings. The summed E-state index contributed by atoms with van der Waals surface area (Å²) in [6.07, 6.45) is 3.27. The lowest BCUT2D eigenvalue weighted by Gasteiger charge is -2.07. The van der Waals surface area contributed by atoms with Crippen LogP contribution in [0.1, 0.15) is 6.92 Å². The van der Waals surface area contributed by atoms with Crippen molar-refractivity contribution < 1.29 is 4.21 Å². The maximum absolute atomic E-state index is 11.1. The number of nitrogen functional groups attached to an aromatic ring is 1. The Labute approximate surface area is 86.4 Å². The number of hydrogen-bond donors (Lipinski definition) is 2. The highest BCUT2D eigenvalue weighted by Gasteiger charge is 1.98. The summed E-state index contributed by atoms with van der Waals surface area (Å²) < 4.78 is 11.1. The van der Waals surface area contributed by atoms with Crippen LogP contribution in [-0.2, 0) is 10.8 Å². The Kier molecular flexibility index (Phi) is 4.39. The smallest absolute Gasteiger partial charge is 0.0736 e. The molecule has 0 saturated heterocycles. The number of nitrogens with one attached hydrogen (secondary N) is 1. The second-order valence-electron chi connectivity index (χ2n) is 2.82. The number of rotatable bonds is 5. The molecule has 0 aliphatic carbocycles. The van der Waals surface area contributed by atoms with Gasteiger partial charge >= 0.3 is 0 Å². The van der Waals surface area contributed by atoms with Crippen molar-refractivity contribution in [3.8, 4) is 0 Å². The van der Waals surface area contributed by atoms with Crippen molar-refractivity contribution in [3.63, 3.8) is 0 Å². The summed E-state index contributed by atoms with van der Waals surface area (Å²) in [6, 6.07) is 1.81. The van der Waals surface area contributed by atoms with Gasteiger partial charge in [0.25, 0.3) is 0 Å². The molecule has 78 valence electrons. The summed E-state index contributed by atoms with van der Waals surface area (Å²) in [5, 5.41) is 3.12. The monoisotopic (exact) mass is 213 g/mol. The number of pyridine rings is 1. The van der Waals surface area contributed by atoms with Gasteiger partial charge in [0, 0.05) is 35.0 Å². The first kappa shape index (κ1) is 11.0. The number of anilines is 2. The molecule has 0 fully saturated rings. The van der Waals surface area contributed by atoms with Crippen molar-refractivity contribution in [2.24, 2.45) is 0 Å². The lowest BCUT2D eigenvalue weighted by Crippen LogP contribution is -2.12. The lowest BCUT2D eigenvalue weighted by molar-refractivity contribution is 0.684. The summed E-state index contributed by atoms with van der Waals surface area (Å²) >= 11 is 0. The summed E-state index contributed by atoms with van der Waals surface area (Å²) in [6.45, 7) is 2.59. The largest absolute Gasteiger partial charge is 0.396 e. The minimum Gasteiger partial charge on any atom is -0.396 e. The van der Waals surface area contributed by atoms with Gasteiger partial charge in [-0.05, 0) is 6.07 Å². The molecule has 1 unspecified atom stereocenters. The molecular formula is C9H15N3OS. The first-order valence-electron chi connectivity index (χ1n) is 4.52. The molecule has 0 aliphatic rings. The van der Waals surface area contributed by atoms with E-state index in [2.05, 4.69) is 10.3 Å². The third-order valence-electron chi connectivity index (χ3n) is 1.82. The number of nitrogens with two attached hydrogens (primary N) is 1. The van der Waals surface area contributed by atoms with Crippen LogP contribution in [0, 0.1) is 0 Å². The molecule has 3 N–H and O–H groups in total. The third-order valence-corrected chi connectivity index (χ3v) is 3.12. The van der Waals surface area contributed by atoms with Crippen molar-refractivity contribution in [1.29, 1.82) is 0 Å². The highest BCUT2D eigenvalue weighted by molar-refractivity contribution is 7.84. The normalized spacial score (nSPS) is 12.4. The number of hydrogen-bond acceptors (Lipinski definition) is 4. The molecule has 1 rings (SSSR count). The highest BCUT2D eigenvalue weighted by atomic mass is 32.2. The van der Waals surface area contributed by atoms with Gasteiger partial charge in [0.15, 0.2) is 0 Å². The Hall–Kier alpha value is -1.10. The summed E-state index contributed by atoms with van der Waals surface area (Å²) in [5.74, 6) is 1.35. The van der Waals surface area contributed by atoms with Crippen LogP contribution in [0.15, 0.2) is 18.5 Å². The quantitative estimate of drug-likeness (QED) is 0.760. The summed E-state index contributed by atoms with van der Waals surface area (Å²) in [5.41, 5.74) is 7.14. The van der Waals surface area contributed by atoms with E-state index >= 15 is 0 Å². The van der Waals surface area contributed by atoms with Crippen LogP contribution in [-0.4, -0.2) is 27.2 Å². The molecule has 0 aromatic carbocycles. The van der Waals surface area contributed by atoms with Gasteiger partial charge in [-0.25, -0.2) is 0 Å². The van der Waals surface area contributed by atoms with E-state index in [1.807, 2.05) is 13.0 Å². The van der Waals surface area contributed by atoms with E-state index in [9.17, 15) is 4.21 Å². The summed E-state index contributed by atoms with van der Waals surface area (Å²) in [7, 11) is -0.726. The maximum atomic E-state index is 11.1. The summed E-state index contributed by atoms with van der Waals surface area (Å²) in [4.78, 5) is 3.88. The first-order valence-corrected chi connectivity index (χ1v) is 6.01. The third kappa shape index (κ3) is 3.33. The van der Waals surface area contributed by atoms with Crippen LogP contribution >= 0.6 is 0 Å². The zero-order valence-electron chi connectivity index (χ0n) is 8.19. The molecule has 0 aliphatic heterocycles. The Morgan fingerprint density at radius 1 is 1.64 bits per heavy atom. The van der Waals surface area contributed by atoms with Crippen molar-refractivity contribution in [2.75, 3.05) is 29.1 Å². The molecule has 0 amide bonds. The van der Waals surface area contributed by atoms with Crippen LogP contribution < -0.4 is 11.1 Å². The van der Waals surface area contributed by atoms with Gasteiger partial charge in [0.2, 0.25) is 0 Å². The van der Waals surface area contributed by atoms with E-state index in [1.54, 1.807) is 12.4 Å². The topological polar surface area (TPSA) is 68.0 Å². The van der Waals surface area contributed by atoms with Crippen molar-refractivity contribution >= 4 is 22.2 Å². The Bertz CT molecular complexity index is 317. The fourth-order valence-electron chi connectivity index (χ4n) is 1.01. The minimum absolute atomic E-state index is 0.620. The molecule has 0 radical (unpaired) electrons. The van der Waals surface area contributed by atoms with Gasteiger partial charge in [-0.3, -0.25) is 9.19 Å². The Morgan fingerprint density at radius 2 is 2.43 bits per heavy atom. The molecule has 1 heterocycles. The second kappa shape index (κ2) is 5.59. The molecule has 14 heavy (non-hydrogen) atoms. The van der Waals surface area contributed by atoms with Gasteiger partial charge < -0.3 is 11.1 Å². The standard InChI is InChI=1S/C9H15N3OS/c1-2-14(13)6-5-12-9-3-4-11-7-8(9)10/h3-4,7H,2,5-6,10H2,1H3,(H,11,12). The fraction of sp³-hybridized carbons (Fsp3) is 0.444. The van der Waals surface area contributed by atoms with E-state index < -0.39 is 10.8 Å². The lowest BCUT2D eigenvalue weighted by atomic mass is 10.3. The SMILES string of the molecule is CCS(=O)CCNc1ccncc1N. The molecule has 1 aromatic heterocycles. The molecule has 4 nitrogen and oxygen atoms in total. The average Bonchev–Trinajstić information content (AvgIpc) is 2.20. The van der Waals surface area contributed by atoms with E-state index in [1.165, 1.54) is 0 Å². The van der Waals surface area contributed by atoms with E-state index in [0.717, 1.165) is 5.69 Å². The van der Waals surface area contributed by atoms with E-state index in [-0.39, 0.29) is 0 Å². The predicted octanol–water partition coefficient (Wildman–Crippen LogP) is 0.844. The maximum Gasteiger partial charge on any atom is 0.0736 e. The van der Waals surface area contributed by atoms with Gasteiger partial charge in [-0.1, -0.05) is 6.92 Å². The van der Waals surface area contributed by atoms with Crippen LogP contribution in [0.3, 0.4) is 0 Å². The first-order chi connectivity index (χ1) is 6.74. The highest BCUT2D eigenvalue weighted by Crippen LogP contribution is 2.14. The average molecular weight is 213 g/mol. The van der Waals surface area contributed by atoms with Crippen molar-refractivity contribution in [1.82, 2.24) is 4.98 Å². The second-order valence-corrected chi connectivity index (χ2v) is 4.69. The van der Waals surface area contributed by atoms with Gasteiger partial charge in [0.05, 0.1) is 17.6 Å². The number of aromatic nitrogens is 1. The zero-order valence-corrected chi connectivity index (χ0v) is 9.01. The van der Waals surface area contributed by atoms with Gasteiger partial charge in [-0.2, -0.15) is 0 Å². The van der Waals surface area contributed by atoms with Crippen molar-refractivity contribution in [3.05, 3.63) is 18.5 Å². The molecule has 0 saturated carbocycles. The van der Waals surface area contributed by atoms with Crippen LogP contribution in [0.5, 0.6) is 0 Å². The van der Waals surface area contributed by atoms with Crippen LogP contribution in [0.4, 0.5) is 11.4 Å². The van der Waals surface area contributed by atoms with Gasteiger partial charge in [-0.15, -0.1) is 0 Å². The molecule has 0 spiro atoms. The molecular weight excluding hydrogens is 198 g/mol. The van der Waals surface area contributed by atoms with E-state index in [4.69, 9.17) is 5.73 Å². The Morgan fingerprint density at radius 3 is 3.07 bits per heavy atom. The Balaban J connectivity index is 2.39. The molecule has 5 heteroatoms.